The minimum Gasteiger partial charge on any atom is -0.494 e. The summed E-state index contributed by atoms with van der Waals surface area (Å²) in [6, 6.07) is 17.1. The van der Waals surface area contributed by atoms with Crippen molar-refractivity contribution in [3.8, 4) is 5.75 Å². The van der Waals surface area contributed by atoms with Crippen LogP contribution in [0.3, 0.4) is 0 Å². The van der Waals surface area contributed by atoms with E-state index in [0.29, 0.717) is 28.5 Å². The number of methoxy groups -OCH3 is 1. The monoisotopic (exact) mass is 434 g/mol. The normalized spacial score (nSPS) is 10.8. The second kappa shape index (κ2) is 8.61. The van der Waals surface area contributed by atoms with Crippen LogP contribution in [-0.2, 0) is 11.3 Å². The summed E-state index contributed by atoms with van der Waals surface area (Å²) in [5, 5.41) is 11.2. The molecule has 0 bridgehead atoms. The average Bonchev–Trinajstić information content (AvgIpc) is 3.31. The van der Waals surface area contributed by atoms with Crippen molar-refractivity contribution in [1.82, 2.24) is 9.78 Å². The fraction of sp³-hybridized carbons (Fsp3) is 0.174. The summed E-state index contributed by atoms with van der Waals surface area (Å²) >= 11 is 1.41. The van der Waals surface area contributed by atoms with Gasteiger partial charge in [-0.2, -0.15) is 5.10 Å². The number of carbonyl (C=O) groups excluding carboxylic acids is 2. The Bertz CT molecular complexity index is 1260. The molecule has 2 amide bonds. The van der Waals surface area contributed by atoms with Crippen LogP contribution in [0.2, 0.25) is 0 Å². The molecule has 0 aliphatic rings. The summed E-state index contributed by atoms with van der Waals surface area (Å²) < 4.78 is 7.26. The predicted molar refractivity (Wildman–Crippen MR) is 123 cm³/mol. The van der Waals surface area contributed by atoms with E-state index in [4.69, 9.17) is 4.74 Å². The van der Waals surface area contributed by atoms with Crippen molar-refractivity contribution in [2.45, 2.75) is 20.4 Å². The Hall–Kier alpha value is -3.65. The van der Waals surface area contributed by atoms with Crippen molar-refractivity contribution in [2.24, 2.45) is 0 Å². The minimum absolute atomic E-state index is 0.194. The van der Waals surface area contributed by atoms with Gasteiger partial charge in [-0.3, -0.25) is 14.3 Å². The number of hydrogen-bond acceptors (Lipinski definition) is 5. The molecule has 2 N–H and O–H groups in total. The van der Waals surface area contributed by atoms with Gasteiger partial charge >= 0.3 is 0 Å². The minimum atomic E-state index is -0.207. The molecule has 2 aromatic carbocycles. The molecular formula is C23H22N4O3S. The van der Waals surface area contributed by atoms with Crippen molar-refractivity contribution in [1.29, 1.82) is 0 Å². The van der Waals surface area contributed by atoms with Gasteiger partial charge in [0.1, 0.15) is 10.6 Å². The first-order valence-corrected chi connectivity index (χ1v) is 10.5. The molecule has 8 heteroatoms. The third kappa shape index (κ3) is 4.44. The summed E-state index contributed by atoms with van der Waals surface area (Å²) in [5.41, 5.74) is 3.17. The molecule has 0 spiro atoms. The summed E-state index contributed by atoms with van der Waals surface area (Å²) in [5.74, 6) is 0.0696. The number of aromatic nitrogens is 2. The molecule has 0 radical (unpaired) electrons. The van der Waals surface area contributed by atoms with Crippen LogP contribution in [0.5, 0.6) is 5.75 Å². The van der Waals surface area contributed by atoms with E-state index < -0.39 is 0 Å². The molecule has 0 unspecified atom stereocenters. The first kappa shape index (κ1) is 20.6. The van der Waals surface area contributed by atoms with Crippen LogP contribution in [0.4, 0.5) is 11.4 Å². The first-order valence-electron chi connectivity index (χ1n) is 9.72. The van der Waals surface area contributed by atoms with E-state index in [0.717, 1.165) is 21.5 Å². The topological polar surface area (TPSA) is 85.2 Å². The molecule has 0 saturated carbocycles. The number of rotatable bonds is 6. The van der Waals surface area contributed by atoms with E-state index in [-0.39, 0.29) is 11.8 Å². The number of aryl methyl sites for hydroxylation is 1. The van der Waals surface area contributed by atoms with Crippen molar-refractivity contribution in [3.63, 3.8) is 0 Å². The van der Waals surface area contributed by atoms with E-state index in [2.05, 4.69) is 27.9 Å². The van der Waals surface area contributed by atoms with Crippen LogP contribution in [0.25, 0.3) is 10.2 Å². The highest BCUT2D eigenvalue weighted by Gasteiger charge is 2.17. The van der Waals surface area contributed by atoms with E-state index in [1.807, 2.05) is 35.9 Å². The van der Waals surface area contributed by atoms with Gasteiger partial charge in [0, 0.05) is 24.1 Å². The Morgan fingerprint density at radius 3 is 2.58 bits per heavy atom. The number of nitrogens with one attached hydrogen (secondary N) is 2. The molecule has 0 atom stereocenters. The highest BCUT2D eigenvalue weighted by Crippen LogP contribution is 2.31. The standard InChI is InChI=1S/C23H22N4O3S/c1-14-18-12-21(31-23(18)27(26-14)13-16-7-5-4-6-8-16)22(29)25-17-9-10-19(24-15(2)28)20(11-17)30-3/h4-12H,13H2,1-3H3,(H,24,28)(H,25,29). The molecule has 0 aliphatic carbocycles. The number of ether oxygens (including phenoxy) is 1. The maximum absolute atomic E-state index is 12.9. The van der Waals surface area contributed by atoms with Crippen molar-refractivity contribution < 1.29 is 14.3 Å². The van der Waals surface area contributed by atoms with Crippen LogP contribution < -0.4 is 15.4 Å². The number of nitrogens with zero attached hydrogens (tertiary/aromatic N) is 2. The van der Waals surface area contributed by atoms with E-state index in [9.17, 15) is 9.59 Å². The zero-order chi connectivity index (χ0) is 22.0. The zero-order valence-electron chi connectivity index (χ0n) is 17.4. The number of amides is 2. The number of benzene rings is 2. The first-order chi connectivity index (χ1) is 14.9. The second-order valence-corrected chi connectivity index (χ2v) is 8.14. The Labute approximate surface area is 183 Å². The Balaban J connectivity index is 1.57. The Kier molecular flexibility index (Phi) is 5.73. The predicted octanol–water partition coefficient (Wildman–Crippen LogP) is 4.67. The van der Waals surface area contributed by atoms with Gasteiger partial charge in [0.25, 0.3) is 5.91 Å². The van der Waals surface area contributed by atoms with E-state index in [1.165, 1.54) is 25.4 Å². The Morgan fingerprint density at radius 2 is 1.87 bits per heavy atom. The fourth-order valence-corrected chi connectivity index (χ4v) is 4.40. The van der Waals surface area contributed by atoms with Crippen molar-refractivity contribution in [2.75, 3.05) is 17.7 Å². The molecule has 4 aromatic rings. The molecule has 2 aromatic heterocycles. The zero-order valence-corrected chi connectivity index (χ0v) is 18.2. The third-order valence-corrected chi connectivity index (χ3v) is 5.92. The van der Waals surface area contributed by atoms with Gasteiger partial charge in [-0.15, -0.1) is 11.3 Å². The smallest absolute Gasteiger partial charge is 0.265 e. The third-order valence-electron chi connectivity index (χ3n) is 4.78. The lowest BCUT2D eigenvalue weighted by molar-refractivity contribution is -0.114. The molecule has 0 fully saturated rings. The number of thiophene rings is 1. The molecular weight excluding hydrogens is 412 g/mol. The van der Waals surface area contributed by atoms with Gasteiger partial charge in [-0.25, -0.2) is 0 Å². The van der Waals surface area contributed by atoms with Crippen LogP contribution >= 0.6 is 11.3 Å². The van der Waals surface area contributed by atoms with E-state index >= 15 is 0 Å². The van der Waals surface area contributed by atoms with Gasteiger partial charge in [0.05, 0.1) is 29.9 Å². The molecule has 4 rings (SSSR count). The molecule has 7 nitrogen and oxygen atoms in total. The number of hydrogen-bond donors (Lipinski definition) is 2. The van der Waals surface area contributed by atoms with Crippen molar-refractivity contribution >= 4 is 44.7 Å². The number of fused-ring (bicyclic) bond motifs is 1. The lowest BCUT2D eigenvalue weighted by Crippen LogP contribution is -2.11. The van der Waals surface area contributed by atoms with E-state index in [1.54, 1.807) is 18.2 Å². The second-order valence-electron chi connectivity index (χ2n) is 7.11. The Morgan fingerprint density at radius 1 is 1.10 bits per heavy atom. The quantitative estimate of drug-likeness (QED) is 0.462. The highest BCUT2D eigenvalue weighted by molar-refractivity contribution is 7.20. The summed E-state index contributed by atoms with van der Waals surface area (Å²) in [6.45, 7) is 4.02. The molecule has 2 heterocycles. The van der Waals surface area contributed by atoms with Crippen molar-refractivity contribution in [3.05, 3.63) is 70.7 Å². The molecule has 31 heavy (non-hydrogen) atoms. The lowest BCUT2D eigenvalue weighted by Gasteiger charge is -2.11. The van der Waals surface area contributed by atoms with Crippen LogP contribution in [0.15, 0.2) is 54.6 Å². The lowest BCUT2D eigenvalue weighted by atomic mass is 10.2. The average molecular weight is 435 g/mol. The van der Waals surface area contributed by atoms with Crippen LogP contribution in [0.1, 0.15) is 27.9 Å². The number of carbonyl (C=O) groups is 2. The van der Waals surface area contributed by atoms with Gasteiger partial charge in [-0.1, -0.05) is 30.3 Å². The maximum atomic E-state index is 12.9. The van der Waals surface area contributed by atoms with Gasteiger partial charge in [0.2, 0.25) is 5.91 Å². The SMILES string of the molecule is COc1cc(NC(=O)c2cc3c(C)nn(Cc4ccccc4)c3s2)ccc1NC(C)=O. The van der Waals surface area contributed by atoms with Gasteiger partial charge in [-0.05, 0) is 30.7 Å². The summed E-state index contributed by atoms with van der Waals surface area (Å²) in [7, 11) is 1.51. The largest absolute Gasteiger partial charge is 0.494 e. The van der Waals surface area contributed by atoms with Crippen LogP contribution in [0, 0.1) is 6.92 Å². The molecule has 158 valence electrons. The summed E-state index contributed by atoms with van der Waals surface area (Å²) in [4.78, 5) is 25.8. The fourth-order valence-electron chi connectivity index (χ4n) is 3.34. The summed E-state index contributed by atoms with van der Waals surface area (Å²) in [6.07, 6.45) is 0. The van der Waals surface area contributed by atoms with Gasteiger partial charge < -0.3 is 15.4 Å². The maximum Gasteiger partial charge on any atom is 0.265 e. The van der Waals surface area contributed by atoms with Gasteiger partial charge in [0.15, 0.2) is 0 Å². The van der Waals surface area contributed by atoms with Crippen LogP contribution in [-0.4, -0.2) is 28.7 Å². The highest BCUT2D eigenvalue weighted by atomic mass is 32.1. The molecule has 0 saturated heterocycles. The molecule has 0 aliphatic heterocycles. The number of anilines is 2.